The molecule has 1 aromatic rings. The van der Waals surface area contributed by atoms with Gasteiger partial charge in [0.15, 0.2) is 5.75 Å². The van der Waals surface area contributed by atoms with Crippen LogP contribution in [-0.4, -0.2) is 35.4 Å². The van der Waals surface area contributed by atoms with Gasteiger partial charge in [0.1, 0.15) is 0 Å². The molecule has 1 rings (SSSR count). The quantitative estimate of drug-likeness (QED) is 0.749. The molecule has 0 radical (unpaired) electrons. The molecule has 1 N–H and O–H groups in total. The molecular formula is C13H25N3OS. The topological polar surface area (TPSA) is 39.1 Å². The summed E-state index contributed by atoms with van der Waals surface area (Å²) in [6.07, 6.45) is 6.15. The van der Waals surface area contributed by atoms with Crippen molar-refractivity contribution >= 4 is 11.8 Å². The fraction of sp³-hybridized carbons (Fsp3) is 0.769. The average molecular weight is 271 g/mol. The highest BCUT2D eigenvalue weighted by Gasteiger charge is 2.20. The molecule has 0 fully saturated rings. The molecule has 0 aliphatic carbocycles. The summed E-state index contributed by atoms with van der Waals surface area (Å²) in [5.41, 5.74) is 1.19. The van der Waals surface area contributed by atoms with E-state index >= 15 is 0 Å². The lowest BCUT2D eigenvalue weighted by atomic mass is 10.1. The second kappa shape index (κ2) is 8.43. The largest absolute Gasteiger partial charge is 0.493 e. The van der Waals surface area contributed by atoms with E-state index in [0.29, 0.717) is 6.04 Å². The van der Waals surface area contributed by atoms with Crippen molar-refractivity contribution in [1.82, 2.24) is 15.1 Å². The Morgan fingerprint density at radius 3 is 2.83 bits per heavy atom. The van der Waals surface area contributed by atoms with Crippen molar-refractivity contribution in [3.05, 3.63) is 11.9 Å². The van der Waals surface area contributed by atoms with Crippen LogP contribution < -0.4 is 10.1 Å². The zero-order chi connectivity index (χ0) is 13.4. The molecule has 1 aromatic heterocycles. The molecule has 0 aliphatic rings. The molecule has 0 aliphatic heterocycles. The molecule has 18 heavy (non-hydrogen) atoms. The summed E-state index contributed by atoms with van der Waals surface area (Å²) in [5, 5.41) is 7.97. The van der Waals surface area contributed by atoms with Gasteiger partial charge in [-0.3, -0.25) is 4.68 Å². The van der Waals surface area contributed by atoms with Gasteiger partial charge >= 0.3 is 0 Å². The summed E-state index contributed by atoms with van der Waals surface area (Å²) in [6.45, 7) is 6.21. The molecule has 1 unspecified atom stereocenters. The summed E-state index contributed by atoms with van der Waals surface area (Å²) in [7, 11) is 1.72. The molecule has 0 saturated carbocycles. The molecule has 0 spiro atoms. The first-order valence-electron chi connectivity index (χ1n) is 6.60. The maximum atomic E-state index is 5.45. The molecule has 0 saturated heterocycles. The number of aromatic nitrogens is 2. The predicted molar refractivity (Wildman–Crippen MR) is 78.5 cm³/mol. The van der Waals surface area contributed by atoms with E-state index < -0.39 is 0 Å². The van der Waals surface area contributed by atoms with Gasteiger partial charge in [0.2, 0.25) is 0 Å². The van der Waals surface area contributed by atoms with Crippen LogP contribution in [0.15, 0.2) is 6.20 Å². The number of aryl methyl sites for hydroxylation is 1. The number of hydrogen-bond acceptors (Lipinski definition) is 4. The molecule has 4 nitrogen and oxygen atoms in total. The number of hydrogen-bond donors (Lipinski definition) is 1. The standard InChI is InChI=1S/C13H25N3OS/c1-5-8-16-13(12(17-3)10-15-16)11(14-6-2)7-9-18-4/h10-11,14H,5-9H2,1-4H3. The molecule has 0 bridgehead atoms. The first-order chi connectivity index (χ1) is 8.78. The van der Waals surface area contributed by atoms with E-state index in [0.717, 1.165) is 37.4 Å². The SMILES string of the molecule is CCCn1ncc(OC)c1C(CCSC)NCC. The Morgan fingerprint density at radius 2 is 2.28 bits per heavy atom. The van der Waals surface area contributed by atoms with Crippen LogP contribution in [0.4, 0.5) is 0 Å². The first-order valence-corrected chi connectivity index (χ1v) is 7.99. The van der Waals surface area contributed by atoms with Crippen LogP contribution in [0.5, 0.6) is 5.75 Å². The summed E-state index contributed by atoms with van der Waals surface area (Å²) in [6, 6.07) is 0.325. The van der Waals surface area contributed by atoms with Crippen LogP contribution in [-0.2, 0) is 6.54 Å². The third-order valence-corrected chi connectivity index (χ3v) is 3.54. The van der Waals surface area contributed by atoms with Gasteiger partial charge in [0.25, 0.3) is 0 Å². The molecule has 104 valence electrons. The van der Waals surface area contributed by atoms with Crippen molar-refractivity contribution in [3.8, 4) is 5.75 Å². The Morgan fingerprint density at radius 1 is 1.50 bits per heavy atom. The van der Waals surface area contributed by atoms with Crippen LogP contribution >= 0.6 is 11.8 Å². The number of thioether (sulfide) groups is 1. The maximum absolute atomic E-state index is 5.45. The maximum Gasteiger partial charge on any atom is 0.161 e. The molecule has 0 aromatic carbocycles. The number of ether oxygens (including phenoxy) is 1. The Bertz CT molecular complexity index is 341. The third-order valence-electron chi connectivity index (χ3n) is 2.89. The van der Waals surface area contributed by atoms with Gasteiger partial charge < -0.3 is 10.1 Å². The first kappa shape index (κ1) is 15.4. The van der Waals surface area contributed by atoms with Crippen LogP contribution in [0.3, 0.4) is 0 Å². The number of nitrogens with one attached hydrogen (secondary N) is 1. The van der Waals surface area contributed by atoms with E-state index in [2.05, 4.69) is 35.2 Å². The Kier molecular flexibility index (Phi) is 7.20. The highest BCUT2D eigenvalue weighted by molar-refractivity contribution is 7.98. The monoisotopic (exact) mass is 271 g/mol. The van der Waals surface area contributed by atoms with Crippen LogP contribution in [0.1, 0.15) is 38.4 Å². The van der Waals surface area contributed by atoms with Gasteiger partial charge in [-0.2, -0.15) is 16.9 Å². The molecule has 0 amide bonds. The van der Waals surface area contributed by atoms with Crippen molar-refractivity contribution in [1.29, 1.82) is 0 Å². The highest BCUT2D eigenvalue weighted by Crippen LogP contribution is 2.28. The van der Waals surface area contributed by atoms with Crippen molar-refractivity contribution < 1.29 is 4.74 Å². The van der Waals surface area contributed by atoms with Gasteiger partial charge in [-0.05, 0) is 31.4 Å². The lowest BCUT2D eigenvalue weighted by molar-refractivity contribution is 0.389. The van der Waals surface area contributed by atoms with Gasteiger partial charge in [-0.15, -0.1) is 0 Å². The van der Waals surface area contributed by atoms with Crippen LogP contribution in [0, 0.1) is 0 Å². The van der Waals surface area contributed by atoms with E-state index in [-0.39, 0.29) is 0 Å². The van der Waals surface area contributed by atoms with E-state index in [9.17, 15) is 0 Å². The fourth-order valence-electron chi connectivity index (χ4n) is 2.09. The second-order valence-corrected chi connectivity index (χ2v) is 5.20. The number of methoxy groups -OCH3 is 1. The lowest BCUT2D eigenvalue weighted by Crippen LogP contribution is -2.25. The van der Waals surface area contributed by atoms with Gasteiger partial charge in [-0.25, -0.2) is 0 Å². The van der Waals surface area contributed by atoms with Gasteiger partial charge in [0, 0.05) is 6.54 Å². The Labute approximate surface area is 114 Å². The summed E-state index contributed by atoms with van der Waals surface area (Å²) in [5.74, 6) is 2.04. The smallest absolute Gasteiger partial charge is 0.161 e. The van der Waals surface area contributed by atoms with Crippen molar-refractivity contribution in [2.24, 2.45) is 0 Å². The number of nitrogens with zero attached hydrogens (tertiary/aromatic N) is 2. The van der Waals surface area contributed by atoms with Crippen molar-refractivity contribution in [2.75, 3.05) is 25.7 Å². The predicted octanol–water partition coefficient (Wildman–Crippen LogP) is 2.71. The van der Waals surface area contributed by atoms with Crippen LogP contribution in [0.25, 0.3) is 0 Å². The van der Waals surface area contributed by atoms with E-state index in [1.165, 1.54) is 5.69 Å². The lowest BCUT2D eigenvalue weighted by Gasteiger charge is -2.20. The second-order valence-electron chi connectivity index (χ2n) is 4.21. The summed E-state index contributed by atoms with van der Waals surface area (Å²) >= 11 is 1.88. The van der Waals surface area contributed by atoms with E-state index in [1.54, 1.807) is 7.11 Å². The summed E-state index contributed by atoms with van der Waals surface area (Å²) < 4.78 is 7.53. The van der Waals surface area contributed by atoms with Crippen molar-refractivity contribution in [2.45, 2.75) is 39.3 Å². The molecule has 1 heterocycles. The minimum Gasteiger partial charge on any atom is -0.493 e. The zero-order valence-corrected chi connectivity index (χ0v) is 12.7. The molecule has 1 atom stereocenters. The van der Waals surface area contributed by atoms with Gasteiger partial charge in [-0.1, -0.05) is 13.8 Å². The van der Waals surface area contributed by atoms with Crippen LogP contribution in [0.2, 0.25) is 0 Å². The Hall–Kier alpha value is -0.680. The number of rotatable bonds is 9. The minimum atomic E-state index is 0.325. The van der Waals surface area contributed by atoms with E-state index in [4.69, 9.17) is 4.74 Å². The highest BCUT2D eigenvalue weighted by atomic mass is 32.2. The summed E-state index contributed by atoms with van der Waals surface area (Å²) in [4.78, 5) is 0. The normalized spacial score (nSPS) is 12.7. The molecule has 5 heteroatoms. The minimum absolute atomic E-state index is 0.325. The fourth-order valence-corrected chi connectivity index (χ4v) is 2.57. The van der Waals surface area contributed by atoms with Crippen molar-refractivity contribution in [3.63, 3.8) is 0 Å². The average Bonchev–Trinajstić information content (AvgIpc) is 2.78. The molecular weight excluding hydrogens is 246 g/mol. The zero-order valence-electron chi connectivity index (χ0n) is 11.9. The third kappa shape index (κ3) is 3.92. The van der Waals surface area contributed by atoms with Gasteiger partial charge in [0.05, 0.1) is 25.0 Å². The van der Waals surface area contributed by atoms with E-state index in [1.807, 2.05) is 18.0 Å². The Balaban J connectivity index is 2.94.